The van der Waals surface area contributed by atoms with Gasteiger partial charge in [-0.05, 0) is 26.1 Å². The first kappa shape index (κ1) is 16.9. The number of furan rings is 1. The van der Waals surface area contributed by atoms with Crippen molar-refractivity contribution in [2.75, 3.05) is 46.4 Å². The number of rotatable bonds is 1. The third-order valence-corrected chi connectivity index (χ3v) is 4.60. The number of likely N-dealkylation sites (N-methyl/N-ethyl adjacent to an activating group) is 1. The van der Waals surface area contributed by atoms with Crippen molar-refractivity contribution in [3.63, 3.8) is 0 Å². The summed E-state index contributed by atoms with van der Waals surface area (Å²) in [6.07, 6.45) is 0. The zero-order chi connectivity index (χ0) is 16.0. The Kier molecular flexibility index (Phi) is 4.60. The molecule has 1 aromatic heterocycles. The standard InChI is InChI=1S/C17H20N2O4.ClH/c1-11-12-3-4-13-16(22-10-9-21-13)15(12)23-14(11)17(20)19-7-5-18(2)6-8-19;/h3-4H,5-10H2,1-2H3;1H. The van der Waals surface area contributed by atoms with Crippen molar-refractivity contribution in [2.45, 2.75) is 6.92 Å². The Morgan fingerprint density at radius 1 is 1.08 bits per heavy atom. The molecule has 0 N–H and O–H groups in total. The molecule has 0 spiro atoms. The summed E-state index contributed by atoms with van der Waals surface area (Å²) in [5.41, 5.74) is 1.47. The highest BCUT2D eigenvalue weighted by atomic mass is 35.5. The number of carbonyl (C=O) groups is 1. The van der Waals surface area contributed by atoms with Gasteiger partial charge in [0, 0.05) is 37.1 Å². The van der Waals surface area contributed by atoms with Crippen molar-refractivity contribution < 1.29 is 18.7 Å². The Balaban J connectivity index is 0.00000169. The second-order valence-electron chi connectivity index (χ2n) is 6.12. The molecule has 1 amide bonds. The van der Waals surface area contributed by atoms with Crippen molar-refractivity contribution in [1.29, 1.82) is 0 Å². The molecule has 2 aliphatic rings. The van der Waals surface area contributed by atoms with Crippen LogP contribution in [-0.4, -0.2) is 62.1 Å². The molecule has 7 heteroatoms. The third kappa shape index (κ3) is 2.70. The van der Waals surface area contributed by atoms with Gasteiger partial charge < -0.3 is 23.7 Å². The summed E-state index contributed by atoms with van der Waals surface area (Å²) in [6, 6.07) is 3.81. The average Bonchev–Trinajstić information content (AvgIpc) is 2.92. The van der Waals surface area contributed by atoms with Gasteiger partial charge in [0.15, 0.2) is 17.1 Å². The van der Waals surface area contributed by atoms with Gasteiger partial charge in [-0.3, -0.25) is 4.79 Å². The van der Waals surface area contributed by atoms with Crippen LogP contribution in [0.5, 0.6) is 11.5 Å². The topological polar surface area (TPSA) is 55.2 Å². The Morgan fingerprint density at radius 2 is 1.79 bits per heavy atom. The second kappa shape index (κ2) is 6.53. The highest BCUT2D eigenvalue weighted by Crippen LogP contribution is 2.41. The monoisotopic (exact) mass is 352 g/mol. The van der Waals surface area contributed by atoms with Crippen LogP contribution < -0.4 is 9.47 Å². The van der Waals surface area contributed by atoms with Crippen LogP contribution in [0.1, 0.15) is 16.1 Å². The molecule has 0 bridgehead atoms. The number of nitrogens with zero attached hydrogens (tertiary/aromatic N) is 2. The fraction of sp³-hybridized carbons (Fsp3) is 0.471. The fourth-order valence-corrected chi connectivity index (χ4v) is 3.15. The van der Waals surface area contributed by atoms with Gasteiger partial charge in [-0.1, -0.05) is 0 Å². The Labute approximate surface area is 146 Å². The lowest BCUT2D eigenvalue weighted by atomic mass is 10.1. The first-order valence-corrected chi connectivity index (χ1v) is 7.94. The number of hydrogen-bond acceptors (Lipinski definition) is 5. The number of aryl methyl sites for hydroxylation is 1. The number of halogens is 1. The quantitative estimate of drug-likeness (QED) is 0.788. The van der Waals surface area contributed by atoms with Gasteiger partial charge in [-0.25, -0.2) is 0 Å². The molecule has 24 heavy (non-hydrogen) atoms. The molecule has 1 fully saturated rings. The number of carbonyl (C=O) groups excluding carboxylic acids is 1. The lowest BCUT2D eigenvalue weighted by Gasteiger charge is -2.31. The normalized spacial score (nSPS) is 17.7. The molecule has 130 valence electrons. The van der Waals surface area contributed by atoms with Crippen molar-refractivity contribution in [3.05, 3.63) is 23.5 Å². The summed E-state index contributed by atoms with van der Waals surface area (Å²) in [7, 11) is 2.07. The van der Waals surface area contributed by atoms with Crippen molar-refractivity contribution in [2.24, 2.45) is 0 Å². The molecule has 2 aromatic rings. The Bertz CT molecular complexity index is 766. The zero-order valence-electron chi connectivity index (χ0n) is 13.8. The minimum absolute atomic E-state index is 0. The molecule has 1 aromatic carbocycles. The van der Waals surface area contributed by atoms with Crippen molar-refractivity contribution >= 4 is 29.3 Å². The number of benzene rings is 1. The van der Waals surface area contributed by atoms with Gasteiger partial charge in [0.2, 0.25) is 5.75 Å². The molecule has 0 unspecified atom stereocenters. The van der Waals surface area contributed by atoms with Crippen molar-refractivity contribution in [3.8, 4) is 11.5 Å². The van der Waals surface area contributed by atoms with E-state index in [1.807, 2.05) is 24.0 Å². The first-order chi connectivity index (χ1) is 11.1. The van der Waals surface area contributed by atoms with E-state index in [0.29, 0.717) is 36.1 Å². The molecule has 0 atom stereocenters. The van der Waals surface area contributed by atoms with Gasteiger partial charge in [0.25, 0.3) is 5.91 Å². The van der Waals surface area contributed by atoms with Crippen LogP contribution in [0.2, 0.25) is 0 Å². The first-order valence-electron chi connectivity index (χ1n) is 7.94. The predicted molar refractivity (Wildman–Crippen MR) is 92.6 cm³/mol. The molecular weight excluding hydrogens is 332 g/mol. The molecule has 0 aliphatic carbocycles. The van der Waals surface area contributed by atoms with E-state index in [-0.39, 0.29) is 18.3 Å². The minimum atomic E-state index is -0.0442. The number of piperazine rings is 1. The lowest BCUT2D eigenvalue weighted by molar-refractivity contribution is 0.0633. The van der Waals surface area contributed by atoms with Gasteiger partial charge in [0.05, 0.1) is 0 Å². The number of fused-ring (bicyclic) bond motifs is 3. The predicted octanol–water partition coefficient (Wildman–Crippen LogP) is 2.32. The number of ether oxygens (including phenoxy) is 2. The van der Waals surface area contributed by atoms with E-state index in [2.05, 4.69) is 11.9 Å². The van der Waals surface area contributed by atoms with Gasteiger partial charge in [0.1, 0.15) is 13.2 Å². The van der Waals surface area contributed by atoms with E-state index >= 15 is 0 Å². The zero-order valence-corrected chi connectivity index (χ0v) is 14.6. The summed E-state index contributed by atoms with van der Waals surface area (Å²) in [6.45, 7) is 6.17. The number of amides is 1. The maximum Gasteiger partial charge on any atom is 0.289 e. The van der Waals surface area contributed by atoms with Crippen LogP contribution >= 0.6 is 12.4 Å². The number of hydrogen-bond donors (Lipinski definition) is 0. The van der Waals surface area contributed by atoms with Gasteiger partial charge >= 0.3 is 0 Å². The minimum Gasteiger partial charge on any atom is -0.486 e. The largest absolute Gasteiger partial charge is 0.486 e. The highest BCUT2D eigenvalue weighted by Gasteiger charge is 2.28. The molecule has 3 heterocycles. The maximum atomic E-state index is 12.8. The maximum absolute atomic E-state index is 12.8. The van der Waals surface area contributed by atoms with Crippen LogP contribution in [0.3, 0.4) is 0 Å². The Morgan fingerprint density at radius 3 is 2.54 bits per heavy atom. The fourth-order valence-electron chi connectivity index (χ4n) is 3.15. The van der Waals surface area contributed by atoms with E-state index in [9.17, 15) is 4.79 Å². The van der Waals surface area contributed by atoms with E-state index in [4.69, 9.17) is 13.9 Å². The summed E-state index contributed by atoms with van der Waals surface area (Å²) >= 11 is 0. The molecule has 1 saturated heterocycles. The van der Waals surface area contributed by atoms with Crippen LogP contribution in [0.4, 0.5) is 0 Å². The molecule has 4 rings (SSSR count). The second-order valence-corrected chi connectivity index (χ2v) is 6.12. The van der Waals surface area contributed by atoms with E-state index < -0.39 is 0 Å². The van der Waals surface area contributed by atoms with E-state index in [0.717, 1.165) is 37.1 Å². The highest BCUT2D eigenvalue weighted by molar-refractivity contribution is 6.01. The molecule has 0 radical (unpaired) electrons. The van der Waals surface area contributed by atoms with Crippen molar-refractivity contribution in [1.82, 2.24) is 9.80 Å². The third-order valence-electron chi connectivity index (χ3n) is 4.60. The van der Waals surface area contributed by atoms with Crippen LogP contribution in [-0.2, 0) is 0 Å². The lowest BCUT2D eigenvalue weighted by Crippen LogP contribution is -2.47. The van der Waals surface area contributed by atoms with Crippen LogP contribution in [0.25, 0.3) is 11.0 Å². The van der Waals surface area contributed by atoms with Gasteiger partial charge in [-0.2, -0.15) is 0 Å². The van der Waals surface area contributed by atoms with Crippen LogP contribution in [0.15, 0.2) is 16.5 Å². The SMILES string of the molecule is Cc1c(C(=O)N2CCN(C)CC2)oc2c3c(ccc12)OCCO3.Cl. The summed E-state index contributed by atoms with van der Waals surface area (Å²) in [5.74, 6) is 1.65. The summed E-state index contributed by atoms with van der Waals surface area (Å²) in [5, 5.41) is 0.909. The molecule has 2 aliphatic heterocycles. The average molecular weight is 353 g/mol. The molecule has 6 nitrogen and oxygen atoms in total. The Hall–Kier alpha value is -1.92. The smallest absolute Gasteiger partial charge is 0.289 e. The van der Waals surface area contributed by atoms with Gasteiger partial charge in [-0.15, -0.1) is 12.4 Å². The molecule has 0 saturated carbocycles. The summed E-state index contributed by atoms with van der Waals surface area (Å²) in [4.78, 5) is 16.9. The van der Waals surface area contributed by atoms with E-state index in [1.165, 1.54) is 0 Å². The summed E-state index contributed by atoms with van der Waals surface area (Å²) < 4.78 is 17.2. The van der Waals surface area contributed by atoms with E-state index in [1.54, 1.807) is 0 Å². The molecular formula is C17H21ClN2O4. The van der Waals surface area contributed by atoms with Crippen LogP contribution in [0, 0.1) is 6.92 Å².